The zero-order chi connectivity index (χ0) is 17.1. The largest absolute Gasteiger partial charge is 0.507 e. The Morgan fingerprint density at radius 1 is 1.33 bits per heavy atom. The number of hydrogen-bond donors (Lipinski definition) is 3. The number of guanidine groups is 1. The number of aliphatic imine (C=N–C) groups is 1. The first-order valence-electron chi connectivity index (χ1n) is 7.20. The summed E-state index contributed by atoms with van der Waals surface area (Å²) in [7, 11) is 0. The molecule has 1 heterocycles. The molecule has 3 rings (SSSR count). The van der Waals surface area contributed by atoms with Gasteiger partial charge in [0, 0.05) is 17.7 Å². The fourth-order valence-electron chi connectivity index (χ4n) is 2.49. The summed E-state index contributed by atoms with van der Waals surface area (Å²) < 4.78 is 14.2. The topological polar surface area (TPSA) is 78.1 Å². The first-order chi connectivity index (χ1) is 11.6. The van der Waals surface area contributed by atoms with Gasteiger partial charge in [0.2, 0.25) is 0 Å². The van der Waals surface area contributed by atoms with Gasteiger partial charge in [0.1, 0.15) is 11.6 Å². The van der Waals surface area contributed by atoms with Crippen LogP contribution in [0.3, 0.4) is 0 Å². The van der Waals surface area contributed by atoms with Crippen molar-refractivity contribution in [2.45, 2.75) is 0 Å². The van der Waals surface area contributed by atoms with E-state index in [1.54, 1.807) is 6.07 Å². The van der Waals surface area contributed by atoms with Crippen LogP contribution in [-0.4, -0.2) is 30.1 Å². The van der Waals surface area contributed by atoms with E-state index in [4.69, 9.17) is 6.57 Å². The minimum atomic E-state index is -0.663. The Kier molecular flexibility index (Phi) is 4.12. The third-order valence-electron chi connectivity index (χ3n) is 3.56. The molecule has 24 heavy (non-hydrogen) atoms. The molecule has 3 N–H and O–H groups in total. The fourth-order valence-corrected chi connectivity index (χ4v) is 2.49. The highest BCUT2D eigenvalue weighted by molar-refractivity contribution is 6.12. The van der Waals surface area contributed by atoms with Crippen molar-refractivity contribution in [2.75, 3.05) is 13.1 Å². The van der Waals surface area contributed by atoms with Crippen molar-refractivity contribution in [1.82, 2.24) is 10.6 Å². The summed E-state index contributed by atoms with van der Waals surface area (Å²) >= 11 is 0. The summed E-state index contributed by atoms with van der Waals surface area (Å²) in [4.78, 5) is 20.0. The van der Waals surface area contributed by atoms with E-state index in [0.717, 1.165) is 0 Å². The quantitative estimate of drug-likeness (QED) is 0.743. The number of amides is 1. The van der Waals surface area contributed by atoms with Gasteiger partial charge in [-0.1, -0.05) is 24.3 Å². The molecule has 2 aromatic rings. The van der Waals surface area contributed by atoms with E-state index in [0.29, 0.717) is 13.1 Å². The van der Waals surface area contributed by atoms with Crippen molar-refractivity contribution in [1.29, 1.82) is 0 Å². The predicted molar refractivity (Wildman–Crippen MR) is 87.5 cm³/mol. The highest BCUT2D eigenvalue weighted by Gasteiger charge is 2.24. The number of benzene rings is 2. The third kappa shape index (κ3) is 2.77. The second-order valence-electron chi connectivity index (χ2n) is 5.06. The van der Waals surface area contributed by atoms with Crippen LogP contribution >= 0.6 is 0 Å². The lowest BCUT2D eigenvalue weighted by Gasteiger charge is -2.14. The summed E-state index contributed by atoms with van der Waals surface area (Å²) in [6.07, 6.45) is 0. The number of carbonyl (C=O) groups is 1. The molecular formula is C17H13FN4O2. The Morgan fingerprint density at radius 2 is 2.12 bits per heavy atom. The number of rotatable bonds is 2. The Bertz CT molecular complexity index is 887. The standard InChI is InChI=1S/C17H13FN4O2/c1-19-12-6-7-13(23)15(16(24)22-17-20-8-9-21-17)14(12)10-4-2-3-5-11(10)18/h2-7,23H,8-9H2,(H2,20,21,22,24). The minimum Gasteiger partial charge on any atom is -0.507 e. The van der Waals surface area contributed by atoms with Gasteiger partial charge in [-0.25, -0.2) is 9.24 Å². The average molecular weight is 324 g/mol. The molecule has 1 amide bonds. The van der Waals surface area contributed by atoms with Crippen molar-refractivity contribution in [3.63, 3.8) is 0 Å². The summed E-state index contributed by atoms with van der Waals surface area (Å²) in [5, 5.41) is 15.6. The number of carbonyl (C=O) groups excluding carboxylic acids is 1. The molecular weight excluding hydrogens is 311 g/mol. The zero-order valence-corrected chi connectivity index (χ0v) is 12.5. The van der Waals surface area contributed by atoms with Crippen molar-refractivity contribution < 1.29 is 14.3 Å². The van der Waals surface area contributed by atoms with Crippen LogP contribution in [0.1, 0.15) is 10.4 Å². The van der Waals surface area contributed by atoms with Crippen LogP contribution < -0.4 is 10.6 Å². The molecule has 120 valence electrons. The molecule has 0 bridgehead atoms. The number of aromatic hydroxyl groups is 1. The zero-order valence-electron chi connectivity index (χ0n) is 12.5. The van der Waals surface area contributed by atoms with Crippen LogP contribution in [0.4, 0.5) is 10.1 Å². The number of halogens is 1. The number of phenolic OH excluding ortho intramolecular Hbond substituents is 1. The molecule has 2 aromatic carbocycles. The smallest absolute Gasteiger partial charge is 0.261 e. The first kappa shape index (κ1) is 15.5. The van der Waals surface area contributed by atoms with Crippen LogP contribution in [0.2, 0.25) is 0 Å². The molecule has 7 heteroatoms. The van der Waals surface area contributed by atoms with Crippen molar-refractivity contribution in [3.05, 3.63) is 59.2 Å². The van der Waals surface area contributed by atoms with E-state index in [9.17, 15) is 14.3 Å². The second kappa shape index (κ2) is 6.38. The maximum absolute atomic E-state index is 14.2. The van der Waals surface area contributed by atoms with E-state index < -0.39 is 11.7 Å². The molecule has 0 fully saturated rings. The molecule has 1 aliphatic rings. The Hall–Kier alpha value is -3.40. The molecule has 0 saturated carbocycles. The molecule has 1 aliphatic heterocycles. The normalized spacial score (nSPS) is 12.9. The molecule has 0 radical (unpaired) electrons. The number of hydrogen-bond acceptors (Lipinski definition) is 4. The van der Waals surface area contributed by atoms with Gasteiger partial charge in [0.25, 0.3) is 5.91 Å². The monoisotopic (exact) mass is 324 g/mol. The van der Waals surface area contributed by atoms with Crippen molar-refractivity contribution in [2.24, 2.45) is 4.99 Å². The van der Waals surface area contributed by atoms with Crippen LogP contribution in [0, 0.1) is 12.4 Å². The van der Waals surface area contributed by atoms with Crippen LogP contribution in [0.15, 0.2) is 41.4 Å². The lowest BCUT2D eigenvalue weighted by Crippen LogP contribution is -2.38. The average Bonchev–Trinajstić information content (AvgIpc) is 3.08. The Morgan fingerprint density at radius 3 is 2.79 bits per heavy atom. The van der Waals surface area contributed by atoms with Gasteiger partial charge in [-0.05, 0) is 12.1 Å². The van der Waals surface area contributed by atoms with Crippen LogP contribution in [0.5, 0.6) is 5.75 Å². The maximum atomic E-state index is 14.2. The number of phenols is 1. The number of nitrogens with one attached hydrogen (secondary N) is 2. The molecule has 6 nitrogen and oxygen atoms in total. The van der Waals surface area contributed by atoms with E-state index in [2.05, 4.69) is 20.5 Å². The van der Waals surface area contributed by atoms with Gasteiger partial charge in [-0.15, -0.1) is 0 Å². The Balaban J connectivity index is 2.16. The van der Waals surface area contributed by atoms with E-state index in [-0.39, 0.29) is 34.1 Å². The summed E-state index contributed by atoms with van der Waals surface area (Å²) in [5.74, 6) is -1.30. The summed E-state index contributed by atoms with van der Waals surface area (Å²) in [6, 6.07) is 8.40. The van der Waals surface area contributed by atoms with Gasteiger partial charge < -0.3 is 10.4 Å². The molecule has 0 aliphatic carbocycles. The summed E-state index contributed by atoms with van der Waals surface area (Å²) in [5.41, 5.74) is 0.0411. The summed E-state index contributed by atoms with van der Waals surface area (Å²) in [6.45, 7) is 8.42. The SMILES string of the molecule is [C-]#[N+]c1ccc(O)c(C(=O)NC2=NCCN2)c1-c1ccccc1F. The van der Waals surface area contributed by atoms with Gasteiger partial charge >= 0.3 is 0 Å². The highest BCUT2D eigenvalue weighted by Crippen LogP contribution is 2.39. The lowest BCUT2D eigenvalue weighted by atomic mass is 9.96. The lowest BCUT2D eigenvalue weighted by molar-refractivity contribution is 0.0974. The molecule has 0 atom stereocenters. The van der Waals surface area contributed by atoms with E-state index >= 15 is 0 Å². The molecule has 0 aromatic heterocycles. The van der Waals surface area contributed by atoms with Gasteiger partial charge in [0.15, 0.2) is 11.6 Å². The molecule has 0 saturated heterocycles. The molecule has 0 spiro atoms. The molecule has 0 unspecified atom stereocenters. The van der Waals surface area contributed by atoms with E-state index in [1.165, 1.54) is 30.3 Å². The second-order valence-corrected chi connectivity index (χ2v) is 5.06. The van der Waals surface area contributed by atoms with Crippen molar-refractivity contribution in [3.8, 4) is 16.9 Å². The highest BCUT2D eigenvalue weighted by atomic mass is 19.1. The fraction of sp³-hybridized carbons (Fsp3) is 0.118. The van der Waals surface area contributed by atoms with E-state index in [1.807, 2.05) is 0 Å². The Labute approximate surface area is 137 Å². The van der Waals surface area contributed by atoms with Gasteiger partial charge in [-0.2, -0.15) is 0 Å². The first-order valence-corrected chi connectivity index (χ1v) is 7.20. The van der Waals surface area contributed by atoms with Gasteiger partial charge in [-0.3, -0.25) is 15.1 Å². The van der Waals surface area contributed by atoms with Crippen LogP contribution in [-0.2, 0) is 0 Å². The van der Waals surface area contributed by atoms with Gasteiger partial charge in [0.05, 0.1) is 18.7 Å². The number of nitrogens with zero attached hydrogens (tertiary/aromatic N) is 2. The predicted octanol–water partition coefficient (Wildman–Crippen LogP) is 2.44. The maximum Gasteiger partial charge on any atom is 0.261 e. The van der Waals surface area contributed by atoms with Crippen LogP contribution in [0.25, 0.3) is 16.0 Å². The minimum absolute atomic E-state index is 0.0548. The van der Waals surface area contributed by atoms with Crippen molar-refractivity contribution >= 4 is 17.6 Å². The third-order valence-corrected chi connectivity index (χ3v) is 3.56.